The predicted molar refractivity (Wildman–Crippen MR) is 215 cm³/mol. The van der Waals surface area contributed by atoms with Crippen molar-refractivity contribution in [2.45, 2.75) is 0 Å². The SMILES string of the molecule is c1ccc(-c2cccc(-c3nc(-c4ccccc4)nc(-c4cccc5sc6cc(-c7nc8ccccc8n7-c7ccccc7)ccc6c45)n3)c2)cc1. The first-order valence-electron chi connectivity index (χ1n) is 17.2. The van der Waals surface area contributed by atoms with Gasteiger partial charge in [0.05, 0.1) is 11.0 Å². The molecule has 5 nitrogen and oxygen atoms in total. The molecule has 0 saturated heterocycles. The van der Waals surface area contributed by atoms with Gasteiger partial charge < -0.3 is 0 Å². The summed E-state index contributed by atoms with van der Waals surface area (Å²) < 4.78 is 4.61. The molecule has 0 aliphatic carbocycles. The Morgan fingerprint density at radius 3 is 1.85 bits per heavy atom. The summed E-state index contributed by atoms with van der Waals surface area (Å²) in [5, 5.41) is 2.30. The van der Waals surface area contributed by atoms with Gasteiger partial charge in [-0.05, 0) is 53.6 Å². The molecule has 6 heteroatoms. The zero-order valence-electron chi connectivity index (χ0n) is 27.9. The third-order valence-electron chi connectivity index (χ3n) is 9.47. The van der Waals surface area contributed by atoms with E-state index in [0.717, 1.165) is 66.7 Å². The number of para-hydroxylation sites is 3. The van der Waals surface area contributed by atoms with Crippen molar-refractivity contribution in [2.24, 2.45) is 0 Å². The minimum Gasteiger partial charge on any atom is -0.292 e. The first-order chi connectivity index (χ1) is 25.8. The van der Waals surface area contributed by atoms with Crippen molar-refractivity contribution in [1.29, 1.82) is 0 Å². The third-order valence-corrected chi connectivity index (χ3v) is 10.6. The van der Waals surface area contributed by atoms with Crippen LogP contribution >= 0.6 is 11.3 Å². The molecule has 0 amide bonds. The van der Waals surface area contributed by atoms with E-state index in [4.69, 9.17) is 19.9 Å². The first-order valence-corrected chi connectivity index (χ1v) is 18.0. The Kier molecular flexibility index (Phi) is 7.25. The molecule has 0 aliphatic rings. The lowest BCUT2D eigenvalue weighted by molar-refractivity contribution is 1.08. The second kappa shape index (κ2) is 12.5. The van der Waals surface area contributed by atoms with E-state index in [1.54, 1.807) is 11.3 Å². The van der Waals surface area contributed by atoms with E-state index in [-0.39, 0.29) is 0 Å². The zero-order valence-corrected chi connectivity index (χ0v) is 28.7. The van der Waals surface area contributed by atoms with Crippen molar-refractivity contribution < 1.29 is 0 Å². The Hall–Kier alpha value is -6.76. The topological polar surface area (TPSA) is 56.5 Å². The summed E-state index contributed by atoms with van der Waals surface area (Å²) in [5.41, 5.74) is 9.32. The van der Waals surface area contributed by atoms with Crippen LogP contribution in [0.2, 0.25) is 0 Å². The highest BCUT2D eigenvalue weighted by Gasteiger charge is 2.19. The monoisotopic (exact) mass is 683 g/mol. The van der Waals surface area contributed by atoms with Crippen LogP contribution in [0, 0.1) is 0 Å². The summed E-state index contributed by atoms with van der Waals surface area (Å²) in [4.78, 5) is 20.5. The van der Waals surface area contributed by atoms with Gasteiger partial charge >= 0.3 is 0 Å². The van der Waals surface area contributed by atoms with Gasteiger partial charge in [-0.2, -0.15) is 0 Å². The van der Waals surface area contributed by atoms with Crippen LogP contribution in [0.3, 0.4) is 0 Å². The van der Waals surface area contributed by atoms with Gasteiger partial charge in [0, 0.05) is 48.1 Å². The summed E-state index contributed by atoms with van der Waals surface area (Å²) in [6, 6.07) is 60.9. The van der Waals surface area contributed by atoms with Gasteiger partial charge in [0.1, 0.15) is 5.82 Å². The molecule has 3 aromatic heterocycles. The van der Waals surface area contributed by atoms with Crippen LogP contribution in [0.5, 0.6) is 0 Å². The number of aromatic nitrogens is 5. The van der Waals surface area contributed by atoms with Crippen LogP contribution in [-0.4, -0.2) is 24.5 Å². The number of hydrogen-bond acceptors (Lipinski definition) is 5. The fourth-order valence-corrected chi connectivity index (χ4v) is 8.19. The number of nitrogens with zero attached hydrogens (tertiary/aromatic N) is 5. The van der Waals surface area contributed by atoms with Crippen LogP contribution in [0.4, 0.5) is 0 Å². The summed E-state index contributed by atoms with van der Waals surface area (Å²) in [6.45, 7) is 0. The van der Waals surface area contributed by atoms with E-state index in [0.29, 0.717) is 17.5 Å². The second-order valence-corrected chi connectivity index (χ2v) is 13.8. The highest BCUT2D eigenvalue weighted by molar-refractivity contribution is 7.26. The minimum absolute atomic E-state index is 0.639. The molecular weight excluding hydrogens is 655 g/mol. The van der Waals surface area contributed by atoms with E-state index in [9.17, 15) is 0 Å². The zero-order chi connectivity index (χ0) is 34.4. The van der Waals surface area contributed by atoms with Crippen molar-refractivity contribution in [3.05, 3.63) is 176 Å². The number of rotatable bonds is 6. The maximum Gasteiger partial charge on any atom is 0.164 e. The molecule has 0 spiro atoms. The van der Waals surface area contributed by atoms with Crippen LogP contribution in [0.15, 0.2) is 176 Å². The fourth-order valence-electron chi connectivity index (χ4n) is 7.02. The standard InChI is InChI=1S/C46H29N5S/c1-4-14-30(15-5-1)32-18-12-19-33(28-32)44-48-43(31-16-6-2-7-17-31)49-45(50-44)37-22-13-25-40-42(37)36-27-26-34(29-41(36)52-40)46-47-38-23-10-11-24-39(38)51(46)35-20-8-3-9-21-35/h1-29H. The molecule has 3 heterocycles. The average Bonchev–Trinajstić information content (AvgIpc) is 3.80. The lowest BCUT2D eigenvalue weighted by Gasteiger charge is -2.11. The number of hydrogen-bond donors (Lipinski definition) is 0. The van der Waals surface area contributed by atoms with Crippen molar-refractivity contribution in [2.75, 3.05) is 0 Å². The van der Waals surface area contributed by atoms with Crippen molar-refractivity contribution in [3.63, 3.8) is 0 Å². The van der Waals surface area contributed by atoms with Crippen LogP contribution < -0.4 is 0 Å². The first kappa shape index (κ1) is 30.1. The summed E-state index contributed by atoms with van der Waals surface area (Å²) >= 11 is 1.78. The minimum atomic E-state index is 0.639. The molecule has 10 aromatic rings. The van der Waals surface area contributed by atoms with Gasteiger partial charge in [0.25, 0.3) is 0 Å². The van der Waals surface area contributed by atoms with Crippen molar-refractivity contribution >= 4 is 42.5 Å². The van der Waals surface area contributed by atoms with E-state index >= 15 is 0 Å². The molecule has 0 saturated carbocycles. The third kappa shape index (κ3) is 5.25. The molecule has 244 valence electrons. The van der Waals surface area contributed by atoms with E-state index < -0.39 is 0 Å². The molecule has 0 fully saturated rings. The molecule has 0 radical (unpaired) electrons. The second-order valence-electron chi connectivity index (χ2n) is 12.7. The average molecular weight is 684 g/mol. The Balaban J connectivity index is 1.14. The smallest absolute Gasteiger partial charge is 0.164 e. The normalized spacial score (nSPS) is 11.5. The predicted octanol–water partition coefficient (Wildman–Crippen LogP) is 11.9. The molecule has 0 N–H and O–H groups in total. The number of imidazole rings is 1. The van der Waals surface area contributed by atoms with Crippen LogP contribution in [0.1, 0.15) is 0 Å². The Morgan fingerprint density at radius 2 is 1.04 bits per heavy atom. The molecule has 0 aliphatic heterocycles. The summed E-state index contributed by atoms with van der Waals surface area (Å²) in [5.74, 6) is 2.85. The molecular formula is C46H29N5S. The quantitative estimate of drug-likeness (QED) is 0.175. The fraction of sp³-hybridized carbons (Fsp3) is 0. The largest absolute Gasteiger partial charge is 0.292 e. The lowest BCUT2D eigenvalue weighted by Crippen LogP contribution is -2.00. The van der Waals surface area contributed by atoms with E-state index in [1.165, 1.54) is 9.40 Å². The molecule has 0 unspecified atom stereocenters. The van der Waals surface area contributed by atoms with Gasteiger partial charge in [-0.3, -0.25) is 4.57 Å². The highest BCUT2D eigenvalue weighted by Crippen LogP contribution is 2.42. The number of thiophene rings is 1. The molecule has 0 atom stereocenters. The maximum atomic E-state index is 5.17. The van der Waals surface area contributed by atoms with Crippen molar-refractivity contribution in [1.82, 2.24) is 24.5 Å². The Morgan fingerprint density at radius 1 is 0.404 bits per heavy atom. The molecule has 7 aromatic carbocycles. The van der Waals surface area contributed by atoms with Crippen molar-refractivity contribution in [3.8, 4) is 62.4 Å². The molecule has 0 bridgehead atoms. The van der Waals surface area contributed by atoms with Gasteiger partial charge in [0.2, 0.25) is 0 Å². The van der Waals surface area contributed by atoms with Gasteiger partial charge in [-0.1, -0.05) is 133 Å². The Bertz CT molecular complexity index is 2900. The molecule has 52 heavy (non-hydrogen) atoms. The lowest BCUT2D eigenvalue weighted by atomic mass is 10.0. The van der Waals surface area contributed by atoms with Crippen LogP contribution in [0.25, 0.3) is 93.6 Å². The Labute approximate surface area is 304 Å². The maximum absolute atomic E-state index is 5.17. The van der Waals surface area contributed by atoms with E-state index in [2.05, 4.69) is 132 Å². The molecule has 10 rings (SSSR count). The van der Waals surface area contributed by atoms with E-state index in [1.807, 2.05) is 48.5 Å². The van der Waals surface area contributed by atoms with Gasteiger partial charge in [-0.25, -0.2) is 19.9 Å². The number of benzene rings is 7. The summed E-state index contributed by atoms with van der Waals surface area (Å²) in [6.07, 6.45) is 0. The summed E-state index contributed by atoms with van der Waals surface area (Å²) in [7, 11) is 0. The van der Waals surface area contributed by atoms with Gasteiger partial charge in [0.15, 0.2) is 17.5 Å². The van der Waals surface area contributed by atoms with Gasteiger partial charge in [-0.15, -0.1) is 11.3 Å². The number of fused-ring (bicyclic) bond motifs is 4. The van der Waals surface area contributed by atoms with Crippen LogP contribution in [-0.2, 0) is 0 Å². The highest BCUT2D eigenvalue weighted by atomic mass is 32.1.